The average molecular weight is 439 g/mol. The predicted octanol–water partition coefficient (Wildman–Crippen LogP) is 2.24. The van der Waals surface area contributed by atoms with Gasteiger partial charge in [0.25, 0.3) is 0 Å². The number of aryl methyl sites for hydroxylation is 1. The number of anilines is 1. The van der Waals surface area contributed by atoms with Gasteiger partial charge in [0, 0.05) is 17.3 Å². The van der Waals surface area contributed by atoms with Crippen LogP contribution in [-0.4, -0.2) is 45.5 Å². The lowest BCUT2D eigenvalue weighted by Crippen LogP contribution is -2.20. The molecule has 0 saturated heterocycles. The lowest BCUT2D eigenvalue weighted by atomic mass is 10.1. The lowest BCUT2D eigenvalue weighted by molar-refractivity contribution is -0.118. The number of thioether (sulfide) groups is 1. The third-order valence-electron chi connectivity index (χ3n) is 4.47. The molecule has 9 nitrogen and oxygen atoms in total. The van der Waals surface area contributed by atoms with Gasteiger partial charge < -0.3 is 20.5 Å². The molecule has 2 heterocycles. The van der Waals surface area contributed by atoms with Gasteiger partial charge in [0.2, 0.25) is 11.8 Å². The van der Waals surface area contributed by atoms with Gasteiger partial charge in [-0.05, 0) is 25.1 Å². The van der Waals surface area contributed by atoms with Gasteiger partial charge in [-0.1, -0.05) is 35.5 Å². The number of ether oxygens (including phenoxy) is 2. The van der Waals surface area contributed by atoms with Gasteiger partial charge >= 0.3 is 0 Å². The minimum absolute atomic E-state index is 0.0810. The van der Waals surface area contributed by atoms with Crippen molar-refractivity contribution in [1.29, 1.82) is 0 Å². The lowest BCUT2D eigenvalue weighted by Gasteiger charge is -2.19. The summed E-state index contributed by atoms with van der Waals surface area (Å²) in [5, 5.41) is 11.6. The fourth-order valence-electron chi connectivity index (χ4n) is 3.14. The number of nitrogens with two attached hydrogens (primary N) is 1. The van der Waals surface area contributed by atoms with Gasteiger partial charge in [0.1, 0.15) is 19.8 Å². The van der Waals surface area contributed by atoms with Crippen LogP contribution in [0.1, 0.15) is 5.56 Å². The molecule has 0 saturated carbocycles. The smallest absolute Gasteiger partial charge is 0.237 e. The fourth-order valence-corrected chi connectivity index (χ4v) is 3.88. The summed E-state index contributed by atoms with van der Waals surface area (Å²) in [5.74, 6) is 1.11. The van der Waals surface area contributed by atoms with E-state index in [9.17, 15) is 9.59 Å². The van der Waals surface area contributed by atoms with Crippen LogP contribution in [0, 0.1) is 6.92 Å². The van der Waals surface area contributed by atoms with Crippen LogP contribution in [0.15, 0.2) is 47.6 Å². The Morgan fingerprint density at radius 1 is 1.13 bits per heavy atom. The van der Waals surface area contributed by atoms with E-state index in [1.54, 1.807) is 22.8 Å². The monoisotopic (exact) mass is 439 g/mol. The number of rotatable bonds is 7. The van der Waals surface area contributed by atoms with Crippen molar-refractivity contribution in [3.63, 3.8) is 0 Å². The van der Waals surface area contributed by atoms with Gasteiger partial charge in [0.05, 0.1) is 5.75 Å². The highest BCUT2D eigenvalue weighted by atomic mass is 32.2. The molecule has 3 aromatic rings. The summed E-state index contributed by atoms with van der Waals surface area (Å²) in [6, 6.07) is 12.9. The van der Waals surface area contributed by atoms with Crippen molar-refractivity contribution in [2.45, 2.75) is 18.6 Å². The number of hydrogen-bond acceptors (Lipinski definition) is 7. The Labute approximate surface area is 182 Å². The molecule has 4 rings (SSSR count). The van der Waals surface area contributed by atoms with Crippen molar-refractivity contribution in [2.24, 2.45) is 5.73 Å². The van der Waals surface area contributed by atoms with Crippen LogP contribution >= 0.6 is 11.8 Å². The number of carbonyl (C=O) groups is 2. The quantitative estimate of drug-likeness (QED) is 0.542. The highest BCUT2D eigenvalue weighted by Gasteiger charge is 2.18. The van der Waals surface area contributed by atoms with Gasteiger partial charge in [-0.2, -0.15) is 0 Å². The maximum absolute atomic E-state index is 12.5. The summed E-state index contributed by atoms with van der Waals surface area (Å²) in [7, 11) is 0. The third kappa shape index (κ3) is 4.97. The molecule has 0 unspecified atom stereocenters. The van der Waals surface area contributed by atoms with Gasteiger partial charge in [-0.25, -0.2) is 0 Å². The molecule has 0 fully saturated rings. The van der Waals surface area contributed by atoms with E-state index in [4.69, 9.17) is 15.2 Å². The maximum Gasteiger partial charge on any atom is 0.237 e. The van der Waals surface area contributed by atoms with E-state index in [1.165, 1.54) is 11.8 Å². The summed E-state index contributed by atoms with van der Waals surface area (Å²) in [6.07, 6.45) is 0. The molecular weight excluding hydrogens is 418 g/mol. The minimum Gasteiger partial charge on any atom is -0.486 e. The number of aromatic nitrogens is 3. The molecule has 0 radical (unpaired) electrons. The van der Waals surface area contributed by atoms with Crippen molar-refractivity contribution in [3.8, 4) is 22.9 Å². The van der Waals surface area contributed by atoms with E-state index >= 15 is 0 Å². The van der Waals surface area contributed by atoms with Gasteiger partial charge in [0.15, 0.2) is 22.5 Å². The van der Waals surface area contributed by atoms with Crippen LogP contribution in [0.5, 0.6) is 11.5 Å². The molecule has 2 aromatic carbocycles. The maximum atomic E-state index is 12.5. The first-order chi connectivity index (χ1) is 15.0. The Balaban J connectivity index is 1.46. The number of hydrogen-bond donors (Lipinski definition) is 2. The second-order valence-corrected chi connectivity index (χ2v) is 7.87. The van der Waals surface area contributed by atoms with E-state index in [-0.39, 0.29) is 18.2 Å². The van der Waals surface area contributed by atoms with E-state index in [1.807, 2.05) is 31.2 Å². The topological polar surface area (TPSA) is 121 Å². The second kappa shape index (κ2) is 9.09. The normalized spacial score (nSPS) is 12.4. The number of benzene rings is 2. The molecule has 0 aliphatic carbocycles. The van der Waals surface area contributed by atoms with Crippen molar-refractivity contribution in [2.75, 3.05) is 24.3 Å². The first kappa shape index (κ1) is 20.7. The predicted molar refractivity (Wildman–Crippen MR) is 116 cm³/mol. The molecule has 10 heteroatoms. The average Bonchev–Trinajstić information content (AvgIpc) is 3.14. The number of fused-ring (bicyclic) bond motifs is 1. The Morgan fingerprint density at radius 2 is 1.94 bits per heavy atom. The number of nitrogens with one attached hydrogen (secondary N) is 1. The molecule has 0 atom stereocenters. The van der Waals surface area contributed by atoms with Gasteiger partial charge in [-0.3, -0.25) is 14.2 Å². The summed E-state index contributed by atoms with van der Waals surface area (Å²) in [6.45, 7) is 2.86. The van der Waals surface area contributed by atoms with E-state index in [0.717, 1.165) is 11.1 Å². The molecule has 2 amide bonds. The molecule has 31 heavy (non-hydrogen) atoms. The molecular formula is C21H21N5O4S. The SMILES string of the molecule is Cc1cccc(-c2nnc(SCC(=O)Nc3ccc4c(c3)OCCO4)n2CC(N)=O)c1. The summed E-state index contributed by atoms with van der Waals surface area (Å²) < 4.78 is 12.6. The van der Waals surface area contributed by atoms with Crippen molar-refractivity contribution in [3.05, 3.63) is 48.0 Å². The zero-order valence-corrected chi connectivity index (χ0v) is 17.6. The van der Waals surface area contributed by atoms with Crippen molar-refractivity contribution in [1.82, 2.24) is 14.8 Å². The van der Waals surface area contributed by atoms with Crippen LogP contribution in [0.2, 0.25) is 0 Å². The van der Waals surface area contributed by atoms with Crippen molar-refractivity contribution >= 4 is 29.3 Å². The molecule has 1 aliphatic heterocycles. The Morgan fingerprint density at radius 3 is 2.71 bits per heavy atom. The fraction of sp³-hybridized carbons (Fsp3) is 0.238. The molecule has 160 valence electrons. The standard InChI is InChI=1S/C21H21N5O4S/c1-13-3-2-4-14(9-13)20-24-25-21(26(20)11-18(22)27)31-12-19(28)23-15-5-6-16-17(10-15)30-8-7-29-16/h2-6,9-10H,7-8,11-12H2,1H3,(H2,22,27)(H,23,28). The third-order valence-corrected chi connectivity index (χ3v) is 5.43. The highest BCUT2D eigenvalue weighted by Crippen LogP contribution is 2.32. The molecule has 3 N–H and O–H groups in total. The largest absolute Gasteiger partial charge is 0.486 e. The number of amides is 2. The van der Waals surface area contributed by atoms with E-state index in [2.05, 4.69) is 15.5 Å². The Kier molecular flexibility index (Phi) is 6.08. The molecule has 1 aromatic heterocycles. The van der Waals surface area contributed by atoms with Crippen LogP contribution in [0.4, 0.5) is 5.69 Å². The molecule has 0 spiro atoms. The minimum atomic E-state index is -0.517. The zero-order valence-electron chi connectivity index (χ0n) is 16.8. The van der Waals surface area contributed by atoms with Gasteiger partial charge in [-0.15, -0.1) is 10.2 Å². The number of primary amides is 1. The van der Waals surface area contributed by atoms with Crippen LogP contribution in [0.3, 0.4) is 0 Å². The Bertz CT molecular complexity index is 1130. The first-order valence-electron chi connectivity index (χ1n) is 9.60. The summed E-state index contributed by atoms with van der Waals surface area (Å²) in [5.41, 5.74) is 7.90. The summed E-state index contributed by atoms with van der Waals surface area (Å²) >= 11 is 1.18. The van der Waals surface area contributed by atoms with Crippen LogP contribution in [0.25, 0.3) is 11.4 Å². The van der Waals surface area contributed by atoms with Crippen LogP contribution < -0.4 is 20.5 Å². The van der Waals surface area contributed by atoms with E-state index in [0.29, 0.717) is 41.4 Å². The molecule has 1 aliphatic rings. The van der Waals surface area contributed by atoms with Crippen molar-refractivity contribution < 1.29 is 19.1 Å². The second-order valence-electron chi connectivity index (χ2n) is 6.92. The highest BCUT2D eigenvalue weighted by molar-refractivity contribution is 7.99. The first-order valence-corrected chi connectivity index (χ1v) is 10.6. The summed E-state index contributed by atoms with van der Waals surface area (Å²) in [4.78, 5) is 24.1. The number of nitrogens with zero attached hydrogens (tertiary/aromatic N) is 3. The van der Waals surface area contributed by atoms with Crippen LogP contribution in [-0.2, 0) is 16.1 Å². The Hall–Kier alpha value is -3.53. The van der Waals surface area contributed by atoms with E-state index < -0.39 is 5.91 Å². The zero-order chi connectivity index (χ0) is 21.8. The number of carbonyl (C=O) groups excluding carboxylic acids is 2. The molecule has 0 bridgehead atoms.